The molecule has 0 rings (SSSR count). The highest BCUT2D eigenvalue weighted by molar-refractivity contribution is 5.75. The van der Waals surface area contributed by atoms with Gasteiger partial charge in [-0.25, -0.2) is 0 Å². The second-order valence-corrected chi connectivity index (χ2v) is 4.01. The third-order valence-electron chi connectivity index (χ3n) is 1.93. The van der Waals surface area contributed by atoms with Crippen molar-refractivity contribution in [2.45, 2.75) is 26.3 Å². The van der Waals surface area contributed by atoms with E-state index < -0.39 is 6.04 Å². The molecule has 0 saturated carbocycles. The van der Waals surface area contributed by atoms with Crippen LogP contribution in [-0.2, 0) is 19.0 Å². The Balaban J connectivity index is 3.42. The van der Waals surface area contributed by atoms with Gasteiger partial charge < -0.3 is 19.9 Å². The van der Waals surface area contributed by atoms with Gasteiger partial charge in [-0.3, -0.25) is 4.79 Å². The average Bonchev–Trinajstić information content (AvgIpc) is 2.21. The highest BCUT2D eigenvalue weighted by Crippen LogP contribution is 2.03. The van der Waals surface area contributed by atoms with E-state index in [0.29, 0.717) is 32.2 Å². The number of carbonyl (C=O) groups excluding carboxylic acids is 1. The molecule has 5 heteroatoms. The van der Waals surface area contributed by atoms with Crippen LogP contribution >= 0.6 is 0 Å². The van der Waals surface area contributed by atoms with Crippen molar-refractivity contribution in [1.82, 2.24) is 0 Å². The molecule has 0 aromatic carbocycles. The summed E-state index contributed by atoms with van der Waals surface area (Å²) in [5, 5.41) is 0. The van der Waals surface area contributed by atoms with E-state index in [1.54, 1.807) is 7.11 Å². The maximum Gasteiger partial charge on any atom is 0.322 e. The van der Waals surface area contributed by atoms with Gasteiger partial charge in [0.25, 0.3) is 0 Å². The first kappa shape index (κ1) is 15.3. The van der Waals surface area contributed by atoms with E-state index in [9.17, 15) is 4.79 Å². The Morgan fingerprint density at radius 3 is 2.38 bits per heavy atom. The lowest BCUT2D eigenvalue weighted by Crippen LogP contribution is -2.34. The minimum absolute atomic E-state index is 0.244. The molecule has 0 unspecified atom stereocenters. The Morgan fingerprint density at radius 2 is 1.81 bits per heavy atom. The SMILES string of the molecule is COCCOCCOC(=O)[C@H](N)CC(C)C. The zero-order valence-electron chi connectivity index (χ0n) is 10.4. The number of hydrogen-bond donors (Lipinski definition) is 1. The second kappa shape index (κ2) is 9.57. The van der Waals surface area contributed by atoms with Gasteiger partial charge in [-0.2, -0.15) is 0 Å². The molecular weight excluding hydrogens is 210 g/mol. The predicted molar refractivity (Wildman–Crippen MR) is 61.1 cm³/mol. The summed E-state index contributed by atoms with van der Waals surface area (Å²) in [6, 6.07) is -0.529. The van der Waals surface area contributed by atoms with Gasteiger partial charge in [-0.1, -0.05) is 13.8 Å². The number of methoxy groups -OCH3 is 1. The molecule has 0 spiro atoms. The monoisotopic (exact) mass is 233 g/mol. The van der Waals surface area contributed by atoms with E-state index >= 15 is 0 Å². The van der Waals surface area contributed by atoms with E-state index in [-0.39, 0.29) is 12.6 Å². The molecule has 2 N–H and O–H groups in total. The van der Waals surface area contributed by atoms with Crippen LogP contribution in [0.1, 0.15) is 20.3 Å². The first-order valence-corrected chi connectivity index (χ1v) is 5.56. The van der Waals surface area contributed by atoms with Crippen LogP contribution in [0.2, 0.25) is 0 Å². The van der Waals surface area contributed by atoms with E-state index in [2.05, 4.69) is 0 Å². The molecule has 1 atom stereocenters. The number of rotatable bonds is 9. The molecule has 0 radical (unpaired) electrons. The molecule has 0 saturated heterocycles. The van der Waals surface area contributed by atoms with Crippen LogP contribution in [0.25, 0.3) is 0 Å². The molecule has 0 aromatic heterocycles. The zero-order valence-corrected chi connectivity index (χ0v) is 10.4. The van der Waals surface area contributed by atoms with Crippen molar-refractivity contribution in [3.63, 3.8) is 0 Å². The van der Waals surface area contributed by atoms with E-state index in [4.69, 9.17) is 19.9 Å². The first-order valence-electron chi connectivity index (χ1n) is 5.56. The van der Waals surface area contributed by atoms with E-state index in [1.165, 1.54) is 0 Å². The van der Waals surface area contributed by atoms with Gasteiger partial charge >= 0.3 is 5.97 Å². The molecular formula is C11H23NO4. The molecule has 96 valence electrons. The summed E-state index contributed by atoms with van der Waals surface area (Å²) in [5.74, 6) is 0.0320. The quantitative estimate of drug-likeness (QED) is 0.465. The zero-order chi connectivity index (χ0) is 12.4. The fourth-order valence-corrected chi connectivity index (χ4v) is 1.16. The lowest BCUT2D eigenvalue weighted by molar-refractivity contribution is -0.147. The Bertz CT molecular complexity index is 185. The van der Waals surface area contributed by atoms with Gasteiger partial charge in [0.2, 0.25) is 0 Å². The van der Waals surface area contributed by atoms with Crippen molar-refractivity contribution < 1.29 is 19.0 Å². The number of ether oxygens (including phenoxy) is 3. The summed E-state index contributed by atoms with van der Waals surface area (Å²) in [5.41, 5.74) is 5.65. The van der Waals surface area contributed by atoms with Crippen molar-refractivity contribution in [3.05, 3.63) is 0 Å². The van der Waals surface area contributed by atoms with Gasteiger partial charge in [-0.05, 0) is 12.3 Å². The first-order chi connectivity index (χ1) is 7.57. The van der Waals surface area contributed by atoms with E-state index in [1.807, 2.05) is 13.8 Å². The van der Waals surface area contributed by atoms with Crippen LogP contribution in [0.3, 0.4) is 0 Å². The fourth-order valence-electron chi connectivity index (χ4n) is 1.16. The second-order valence-electron chi connectivity index (χ2n) is 4.01. The molecule has 0 aliphatic rings. The summed E-state index contributed by atoms with van der Waals surface area (Å²) >= 11 is 0. The van der Waals surface area contributed by atoms with Crippen LogP contribution in [-0.4, -0.2) is 45.5 Å². The summed E-state index contributed by atoms with van der Waals surface area (Å²) in [6.07, 6.45) is 0.642. The van der Waals surface area contributed by atoms with Gasteiger partial charge in [0, 0.05) is 7.11 Å². The summed E-state index contributed by atoms with van der Waals surface area (Å²) in [4.78, 5) is 11.3. The maximum atomic E-state index is 11.3. The standard InChI is InChI=1S/C11H23NO4/c1-9(2)8-10(12)11(13)16-7-6-15-5-4-14-3/h9-10H,4-8,12H2,1-3H3/t10-/m1/s1. The topological polar surface area (TPSA) is 70.8 Å². The Morgan fingerprint density at radius 1 is 1.19 bits per heavy atom. The van der Waals surface area contributed by atoms with Crippen LogP contribution in [0.5, 0.6) is 0 Å². The normalized spacial score (nSPS) is 12.8. The molecule has 0 aliphatic heterocycles. The fraction of sp³-hybridized carbons (Fsp3) is 0.909. The van der Waals surface area contributed by atoms with Crippen LogP contribution in [0, 0.1) is 5.92 Å². The minimum atomic E-state index is -0.529. The summed E-state index contributed by atoms with van der Waals surface area (Å²) in [7, 11) is 1.61. The average molecular weight is 233 g/mol. The minimum Gasteiger partial charge on any atom is -0.462 e. The lowest BCUT2D eigenvalue weighted by atomic mass is 10.1. The van der Waals surface area contributed by atoms with Gasteiger partial charge in [0.1, 0.15) is 12.6 Å². The molecule has 0 fully saturated rings. The number of hydrogen-bond acceptors (Lipinski definition) is 5. The van der Waals surface area contributed by atoms with Gasteiger partial charge in [0.15, 0.2) is 0 Å². The lowest BCUT2D eigenvalue weighted by Gasteiger charge is -2.13. The summed E-state index contributed by atoms with van der Waals surface area (Å²) < 4.78 is 14.9. The van der Waals surface area contributed by atoms with Crippen molar-refractivity contribution in [2.24, 2.45) is 11.7 Å². The Labute approximate surface area is 97.2 Å². The smallest absolute Gasteiger partial charge is 0.322 e. The van der Waals surface area contributed by atoms with Crippen LogP contribution < -0.4 is 5.73 Å². The highest BCUT2D eigenvalue weighted by atomic mass is 16.6. The third-order valence-corrected chi connectivity index (χ3v) is 1.93. The van der Waals surface area contributed by atoms with Gasteiger partial charge in [-0.15, -0.1) is 0 Å². The third kappa shape index (κ3) is 8.64. The van der Waals surface area contributed by atoms with Crippen molar-refractivity contribution in [1.29, 1.82) is 0 Å². The predicted octanol–water partition coefficient (Wildman–Crippen LogP) is 0.566. The maximum absolute atomic E-state index is 11.3. The van der Waals surface area contributed by atoms with E-state index in [0.717, 1.165) is 0 Å². The molecule has 0 heterocycles. The van der Waals surface area contributed by atoms with Crippen molar-refractivity contribution in [2.75, 3.05) is 33.5 Å². The molecule has 0 amide bonds. The summed E-state index contributed by atoms with van der Waals surface area (Å²) in [6.45, 7) is 5.70. The molecule has 0 aromatic rings. The number of esters is 1. The molecule has 5 nitrogen and oxygen atoms in total. The number of carbonyl (C=O) groups is 1. The van der Waals surface area contributed by atoms with Gasteiger partial charge in [0.05, 0.1) is 19.8 Å². The Hall–Kier alpha value is -0.650. The molecule has 0 aliphatic carbocycles. The van der Waals surface area contributed by atoms with Crippen LogP contribution in [0.4, 0.5) is 0 Å². The largest absolute Gasteiger partial charge is 0.462 e. The van der Waals surface area contributed by atoms with Crippen molar-refractivity contribution >= 4 is 5.97 Å². The molecule has 0 bridgehead atoms. The Kier molecular flexibility index (Phi) is 9.18. The number of nitrogens with two attached hydrogens (primary N) is 1. The molecule has 16 heavy (non-hydrogen) atoms. The van der Waals surface area contributed by atoms with Crippen LogP contribution in [0.15, 0.2) is 0 Å². The van der Waals surface area contributed by atoms with Crippen molar-refractivity contribution in [3.8, 4) is 0 Å². The highest BCUT2D eigenvalue weighted by Gasteiger charge is 2.15.